The summed E-state index contributed by atoms with van der Waals surface area (Å²) in [7, 11) is 0. The summed E-state index contributed by atoms with van der Waals surface area (Å²) in [6.07, 6.45) is 0.483. The van der Waals surface area contributed by atoms with Gasteiger partial charge in [-0.15, -0.1) is 0 Å². The fraction of sp³-hybridized carbons (Fsp3) is 0.588. The maximum absolute atomic E-state index is 11.8. The third kappa shape index (κ3) is 5.40. The standard InChI is InChI=1S/C17H25NO4/c1-2-16(19)15-5-3-4-6-17(15)22-14-13-21-12-9-18-7-10-20-11-8-18/h3-6H,2,7-14H2,1H3. The third-order valence-corrected chi connectivity index (χ3v) is 3.65. The molecule has 0 aromatic heterocycles. The van der Waals surface area contributed by atoms with Crippen LogP contribution in [-0.2, 0) is 9.47 Å². The van der Waals surface area contributed by atoms with Crippen molar-refractivity contribution in [2.45, 2.75) is 13.3 Å². The molecule has 122 valence electrons. The molecule has 1 fully saturated rings. The molecular formula is C17H25NO4. The molecular weight excluding hydrogens is 282 g/mol. The molecule has 5 nitrogen and oxygen atoms in total. The van der Waals surface area contributed by atoms with Crippen molar-refractivity contribution < 1.29 is 19.0 Å². The first-order chi connectivity index (χ1) is 10.8. The van der Waals surface area contributed by atoms with Crippen LogP contribution in [0.5, 0.6) is 5.75 Å². The summed E-state index contributed by atoms with van der Waals surface area (Å²) < 4.78 is 16.6. The van der Waals surface area contributed by atoms with E-state index in [1.165, 1.54) is 0 Å². The monoisotopic (exact) mass is 307 g/mol. The molecule has 0 N–H and O–H groups in total. The second-order valence-electron chi connectivity index (χ2n) is 5.19. The third-order valence-electron chi connectivity index (χ3n) is 3.65. The van der Waals surface area contributed by atoms with Crippen LogP contribution >= 0.6 is 0 Å². The lowest BCUT2D eigenvalue weighted by atomic mass is 10.1. The van der Waals surface area contributed by atoms with Gasteiger partial charge >= 0.3 is 0 Å². The molecule has 0 aliphatic carbocycles. The van der Waals surface area contributed by atoms with Gasteiger partial charge in [-0.1, -0.05) is 19.1 Å². The summed E-state index contributed by atoms with van der Waals surface area (Å²) >= 11 is 0. The normalized spacial score (nSPS) is 15.7. The quantitative estimate of drug-likeness (QED) is 0.516. The van der Waals surface area contributed by atoms with Gasteiger partial charge in [-0.2, -0.15) is 0 Å². The topological polar surface area (TPSA) is 48.0 Å². The van der Waals surface area contributed by atoms with Crippen LogP contribution in [0.1, 0.15) is 23.7 Å². The number of Topliss-reactive ketones (excluding diaryl/α,β-unsaturated/α-hetero) is 1. The number of para-hydroxylation sites is 1. The Bertz CT molecular complexity index is 458. The number of benzene rings is 1. The van der Waals surface area contributed by atoms with E-state index in [-0.39, 0.29) is 5.78 Å². The van der Waals surface area contributed by atoms with E-state index in [9.17, 15) is 4.79 Å². The molecule has 1 aromatic carbocycles. The number of nitrogens with zero attached hydrogens (tertiary/aromatic N) is 1. The average Bonchev–Trinajstić information content (AvgIpc) is 2.58. The minimum absolute atomic E-state index is 0.101. The average molecular weight is 307 g/mol. The molecule has 0 atom stereocenters. The number of carbonyl (C=O) groups is 1. The van der Waals surface area contributed by atoms with Gasteiger partial charge in [0.2, 0.25) is 0 Å². The highest BCUT2D eigenvalue weighted by atomic mass is 16.5. The lowest BCUT2D eigenvalue weighted by Crippen LogP contribution is -2.38. The SMILES string of the molecule is CCC(=O)c1ccccc1OCCOCCN1CCOCC1. The lowest BCUT2D eigenvalue weighted by Gasteiger charge is -2.26. The van der Waals surface area contributed by atoms with E-state index in [4.69, 9.17) is 14.2 Å². The molecule has 0 radical (unpaired) electrons. The summed E-state index contributed by atoms with van der Waals surface area (Å²) in [6, 6.07) is 7.37. The van der Waals surface area contributed by atoms with Crippen molar-refractivity contribution in [2.24, 2.45) is 0 Å². The van der Waals surface area contributed by atoms with E-state index in [1.54, 1.807) is 6.07 Å². The number of hydrogen-bond donors (Lipinski definition) is 0. The number of morpholine rings is 1. The Kier molecular flexibility index (Phi) is 7.36. The van der Waals surface area contributed by atoms with Crippen molar-refractivity contribution in [3.8, 4) is 5.75 Å². The smallest absolute Gasteiger partial charge is 0.166 e. The summed E-state index contributed by atoms with van der Waals surface area (Å²) in [5.74, 6) is 0.745. The van der Waals surface area contributed by atoms with Crippen molar-refractivity contribution in [1.29, 1.82) is 0 Å². The van der Waals surface area contributed by atoms with Crippen LogP contribution in [0, 0.1) is 0 Å². The number of ketones is 1. The zero-order valence-electron chi connectivity index (χ0n) is 13.3. The fourth-order valence-corrected chi connectivity index (χ4v) is 2.34. The first-order valence-electron chi connectivity index (χ1n) is 7.94. The Morgan fingerprint density at radius 3 is 2.73 bits per heavy atom. The van der Waals surface area contributed by atoms with Gasteiger partial charge in [0.1, 0.15) is 12.4 Å². The molecule has 0 bridgehead atoms. The van der Waals surface area contributed by atoms with Crippen molar-refractivity contribution in [3.63, 3.8) is 0 Å². The maximum atomic E-state index is 11.8. The second-order valence-corrected chi connectivity index (χ2v) is 5.19. The van der Waals surface area contributed by atoms with Crippen molar-refractivity contribution in [3.05, 3.63) is 29.8 Å². The van der Waals surface area contributed by atoms with E-state index < -0.39 is 0 Å². The second kappa shape index (κ2) is 9.56. The Labute approximate surface area is 132 Å². The zero-order chi connectivity index (χ0) is 15.6. The largest absolute Gasteiger partial charge is 0.490 e. The summed E-state index contributed by atoms with van der Waals surface area (Å²) in [6.45, 7) is 8.03. The van der Waals surface area contributed by atoms with Crippen LogP contribution < -0.4 is 4.74 Å². The van der Waals surface area contributed by atoms with Gasteiger partial charge in [-0.3, -0.25) is 9.69 Å². The van der Waals surface area contributed by atoms with E-state index in [0.717, 1.165) is 32.8 Å². The highest BCUT2D eigenvalue weighted by molar-refractivity contribution is 5.98. The maximum Gasteiger partial charge on any atom is 0.166 e. The van der Waals surface area contributed by atoms with Crippen LogP contribution in [-0.4, -0.2) is 63.4 Å². The van der Waals surface area contributed by atoms with Gasteiger partial charge < -0.3 is 14.2 Å². The molecule has 0 saturated carbocycles. The first kappa shape index (κ1) is 16.9. The molecule has 0 unspecified atom stereocenters. The van der Waals surface area contributed by atoms with Crippen molar-refractivity contribution in [2.75, 3.05) is 52.7 Å². The van der Waals surface area contributed by atoms with Crippen molar-refractivity contribution >= 4 is 5.78 Å². The van der Waals surface area contributed by atoms with Crippen LogP contribution in [0.2, 0.25) is 0 Å². The van der Waals surface area contributed by atoms with Gasteiger partial charge in [-0.25, -0.2) is 0 Å². The number of carbonyl (C=O) groups excluding carboxylic acids is 1. The van der Waals surface area contributed by atoms with Gasteiger partial charge in [0.05, 0.1) is 32.0 Å². The fourth-order valence-electron chi connectivity index (χ4n) is 2.34. The highest BCUT2D eigenvalue weighted by Crippen LogP contribution is 2.19. The lowest BCUT2D eigenvalue weighted by molar-refractivity contribution is 0.0170. The van der Waals surface area contributed by atoms with Crippen LogP contribution in [0.3, 0.4) is 0 Å². The van der Waals surface area contributed by atoms with Crippen molar-refractivity contribution in [1.82, 2.24) is 4.90 Å². The van der Waals surface area contributed by atoms with E-state index >= 15 is 0 Å². The van der Waals surface area contributed by atoms with Crippen LogP contribution in [0.4, 0.5) is 0 Å². The Morgan fingerprint density at radius 2 is 1.95 bits per heavy atom. The minimum Gasteiger partial charge on any atom is -0.490 e. The van der Waals surface area contributed by atoms with Gasteiger partial charge in [0.15, 0.2) is 5.78 Å². The zero-order valence-corrected chi connectivity index (χ0v) is 13.3. The summed E-state index contributed by atoms with van der Waals surface area (Å²) in [5, 5.41) is 0. The van der Waals surface area contributed by atoms with Crippen LogP contribution in [0.15, 0.2) is 24.3 Å². The number of ether oxygens (including phenoxy) is 3. The minimum atomic E-state index is 0.101. The molecule has 1 saturated heterocycles. The molecule has 2 rings (SSSR count). The summed E-state index contributed by atoms with van der Waals surface area (Å²) in [5.41, 5.74) is 0.651. The van der Waals surface area contributed by atoms with E-state index in [0.29, 0.717) is 37.6 Å². The van der Waals surface area contributed by atoms with E-state index in [1.807, 2.05) is 25.1 Å². The van der Waals surface area contributed by atoms with Gasteiger partial charge in [0, 0.05) is 26.1 Å². The Balaban J connectivity index is 1.63. The number of rotatable bonds is 9. The molecule has 0 spiro atoms. The molecule has 5 heteroatoms. The summed E-state index contributed by atoms with van der Waals surface area (Å²) in [4.78, 5) is 14.2. The predicted molar refractivity (Wildman–Crippen MR) is 84.6 cm³/mol. The Hall–Kier alpha value is -1.43. The van der Waals surface area contributed by atoms with E-state index in [2.05, 4.69) is 4.90 Å². The van der Waals surface area contributed by atoms with Gasteiger partial charge in [0.25, 0.3) is 0 Å². The molecule has 1 aliphatic rings. The van der Waals surface area contributed by atoms with Gasteiger partial charge in [-0.05, 0) is 12.1 Å². The first-order valence-corrected chi connectivity index (χ1v) is 7.94. The molecule has 22 heavy (non-hydrogen) atoms. The Morgan fingerprint density at radius 1 is 1.18 bits per heavy atom. The molecule has 1 heterocycles. The number of hydrogen-bond acceptors (Lipinski definition) is 5. The predicted octanol–water partition coefficient (Wildman–Crippen LogP) is 2.01. The highest BCUT2D eigenvalue weighted by Gasteiger charge is 2.10. The molecule has 1 aromatic rings. The van der Waals surface area contributed by atoms with Crippen LogP contribution in [0.25, 0.3) is 0 Å². The molecule has 1 aliphatic heterocycles. The molecule has 0 amide bonds.